The zero-order valence-electron chi connectivity index (χ0n) is 9.00. The van der Waals surface area contributed by atoms with Gasteiger partial charge in [-0.2, -0.15) is 0 Å². The lowest BCUT2D eigenvalue weighted by molar-refractivity contribution is 0.0530. The predicted molar refractivity (Wildman–Crippen MR) is 62.2 cm³/mol. The number of halogens is 1. The van der Waals surface area contributed by atoms with Gasteiger partial charge in [0.2, 0.25) is 0 Å². The summed E-state index contributed by atoms with van der Waals surface area (Å²) in [4.78, 5) is 11.4. The molecular weight excluding hydrogens is 256 g/mol. The van der Waals surface area contributed by atoms with E-state index in [1.807, 2.05) is 18.2 Å². The molecule has 0 saturated carbocycles. The van der Waals surface area contributed by atoms with E-state index in [0.29, 0.717) is 5.56 Å². The number of cyclic esters (lactones) is 1. The molecule has 15 heavy (non-hydrogen) atoms. The van der Waals surface area contributed by atoms with Crippen molar-refractivity contribution in [1.29, 1.82) is 0 Å². The number of alkyl halides is 1. The lowest BCUT2D eigenvalue weighted by Crippen LogP contribution is -2.11. The van der Waals surface area contributed by atoms with Crippen molar-refractivity contribution in [3.63, 3.8) is 0 Å². The molecule has 1 unspecified atom stereocenters. The summed E-state index contributed by atoms with van der Waals surface area (Å²) in [6.07, 6.45) is 0. The molecular formula is C12H13BrO2. The van der Waals surface area contributed by atoms with Crippen LogP contribution in [0.2, 0.25) is 0 Å². The third kappa shape index (κ3) is 1.81. The molecule has 0 fully saturated rings. The highest BCUT2D eigenvalue weighted by Gasteiger charge is 2.30. The van der Waals surface area contributed by atoms with Crippen molar-refractivity contribution in [2.45, 2.75) is 31.2 Å². The highest BCUT2D eigenvalue weighted by atomic mass is 79.9. The number of ether oxygens (including phenoxy) is 1. The predicted octanol–water partition coefficient (Wildman–Crippen LogP) is 3.55. The minimum Gasteiger partial charge on any atom is -0.442 e. The van der Waals surface area contributed by atoms with Gasteiger partial charge in [0.15, 0.2) is 5.01 Å². The molecule has 0 N–H and O–H groups in total. The van der Waals surface area contributed by atoms with Crippen molar-refractivity contribution in [1.82, 2.24) is 0 Å². The van der Waals surface area contributed by atoms with Gasteiger partial charge in [-0.05, 0) is 39.0 Å². The van der Waals surface area contributed by atoms with E-state index in [1.165, 1.54) is 5.56 Å². The first-order chi connectivity index (χ1) is 6.89. The van der Waals surface area contributed by atoms with E-state index in [9.17, 15) is 4.79 Å². The number of rotatable bonds is 0. The molecule has 1 aromatic rings. The first kappa shape index (κ1) is 10.7. The Morgan fingerprint density at radius 3 is 2.60 bits per heavy atom. The fraction of sp³-hybridized carbons (Fsp3) is 0.417. The Kier molecular flexibility index (Phi) is 2.38. The topological polar surface area (TPSA) is 26.3 Å². The summed E-state index contributed by atoms with van der Waals surface area (Å²) >= 11 is 3.34. The molecule has 0 spiro atoms. The van der Waals surface area contributed by atoms with E-state index in [4.69, 9.17) is 4.74 Å². The molecule has 1 heterocycles. The van der Waals surface area contributed by atoms with E-state index in [1.54, 1.807) is 0 Å². The van der Waals surface area contributed by atoms with E-state index in [0.717, 1.165) is 5.56 Å². The van der Waals surface area contributed by atoms with Crippen molar-refractivity contribution < 1.29 is 9.53 Å². The normalized spacial score (nSPS) is 20.0. The summed E-state index contributed by atoms with van der Waals surface area (Å²) in [5.41, 5.74) is 2.91. The SMILES string of the molecule is CC(C)(C)c1ccc2c(c1)C(Br)OC2=O. The highest BCUT2D eigenvalue weighted by Crippen LogP contribution is 2.37. The summed E-state index contributed by atoms with van der Waals surface area (Å²) in [5, 5.41) is -0.290. The standard InChI is InChI=1S/C12H13BrO2/c1-12(2,3)7-4-5-8-9(6-7)10(13)15-11(8)14/h4-6,10H,1-3H3. The van der Waals surface area contributed by atoms with Crippen LogP contribution in [-0.2, 0) is 10.2 Å². The van der Waals surface area contributed by atoms with Crippen LogP contribution in [0, 0.1) is 0 Å². The fourth-order valence-electron chi connectivity index (χ4n) is 1.62. The third-order valence-electron chi connectivity index (χ3n) is 2.59. The summed E-state index contributed by atoms with van der Waals surface area (Å²) in [5.74, 6) is -0.243. The van der Waals surface area contributed by atoms with Crippen LogP contribution in [0.1, 0.15) is 47.3 Å². The average Bonchev–Trinajstić information content (AvgIpc) is 2.41. The first-order valence-electron chi connectivity index (χ1n) is 4.89. The number of carbonyl (C=O) groups is 1. The molecule has 2 rings (SSSR count). The van der Waals surface area contributed by atoms with Gasteiger partial charge >= 0.3 is 5.97 Å². The van der Waals surface area contributed by atoms with Crippen molar-refractivity contribution in [3.8, 4) is 0 Å². The van der Waals surface area contributed by atoms with Gasteiger partial charge in [0, 0.05) is 5.56 Å². The summed E-state index contributed by atoms with van der Waals surface area (Å²) in [6.45, 7) is 6.45. The zero-order chi connectivity index (χ0) is 11.2. The molecule has 1 aromatic carbocycles. The molecule has 0 aliphatic carbocycles. The maximum atomic E-state index is 11.4. The van der Waals surface area contributed by atoms with Crippen LogP contribution in [0.4, 0.5) is 0 Å². The molecule has 0 aromatic heterocycles. The van der Waals surface area contributed by atoms with Gasteiger partial charge in [-0.15, -0.1) is 0 Å². The van der Waals surface area contributed by atoms with Crippen LogP contribution in [0.15, 0.2) is 18.2 Å². The smallest absolute Gasteiger partial charge is 0.340 e. The fourth-order valence-corrected chi connectivity index (χ4v) is 2.17. The van der Waals surface area contributed by atoms with Gasteiger partial charge in [0.25, 0.3) is 0 Å². The van der Waals surface area contributed by atoms with Crippen molar-refractivity contribution in [2.24, 2.45) is 0 Å². The molecule has 0 bridgehead atoms. The molecule has 80 valence electrons. The number of fused-ring (bicyclic) bond motifs is 1. The Labute approximate surface area is 97.8 Å². The van der Waals surface area contributed by atoms with E-state index < -0.39 is 0 Å². The maximum Gasteiger partial charge on any atom is 0.340 e. The molecule has 2 nitrogen and oxygen atoms in total. The summed E-state index contributed by atoms with van der Waals surface area (Å²) in [7, 11) is 0. The number of benzene rings is 1. The van der Waals surface area contributed by atoms with Crippen molar-refractivity contribution >= 4 is 21.9 Å². The molecule has 1 aliphatic rings. The minimum atomic E-state index is -0.290. The van der Waals surface area contributed by atoms with Crippen LogP contribution in [-0.4, -0.2) is 5.97 Å². The van der Waals surface area contributed by atoms with Gasteiger partial charge in [0.1, 0.15) is 0 Å². The Balaban J connectivity index is 2.52. The second kappa shape index (κ2) is 3.34. The number of hydrogen-bond acceptors (Lipinski definition) is 2. The van der Waals surface area contributed by atoms with Gasteiger partial charge in [-0.25, -0.2) is 4.79 Å². The van der Waals surface area contributed by atoms with Crippen LogP contribution < -0.4 is 0 Å². The number of carbonyl (C=O) groups excluding carboxylic acids is 1. The Morgan fingerprint density at radius 1 is 1.33 bits per heavy atom. The third-order valence-corrected chi connectivity index (χ3v) is 3.27. The summed E-state index contributed by atoms with van der Waals surface area (Å²) < 4.78 is 5.08. The molecule has 0 radical (unpaired) electrons. The lowest BCUT2D eigenvalue weighted by Gasteiger charge is -2.19. The van der Waals surface area contributed by atoms with Crippen molar-refractivity contribution in [3.05, 3.63) is 34.9 Å². The second-order valence-electron chi connectivity index (χ2n) is 4.77. The van der Waals surface area contributed by atoms with Gasteiger partial charge < -0.3 is 4.74 Å². The van der Waals surface area contributed by atoms with Crippen LogP contribution in [0.5, 0.6) is 0 Å². The Morgan fingerprint density at radius 2 is 2.00 bits per heavy atom. The van der Waals surface area contributed by atoms with E-state index in [-0.39, 0.29) is 16.4 Å². The molecule has 0 amide bonds. The molecule has 3 heteroatoms. The highest BCUT2D eigenvalue weighted by molar-refractivity contribution is 9.09. The Hall–Kier alpha value is -0.830. The first-order valence-corrected chi connectivity index (χ1v) is 5.80. The van der Waals surface area contributed by atoms with Crippen LogP contribution in [0.3, 0.4) is 0 Å². The summed E-state index contributed by atoms with van der Waals surface area (Å²) in [6, 6.07) is 5.88. The van der Waals surface area contributed by atoms with E-state index in [2.05, 4.69) is 36.7 Å². The monoisotopic (exact) mass is 268 g/mol. The van der Waals surface area contributed by atoms with Crippen molar-refractivity contribution in [2.75, 3.05) is 0 Å². The van der Waals surface area contributed by atoms with E-state index >= 15 is 0 Å². The van der Waals surface area contributed by atoms with Crippen LogP contribution in [0.25, 0.3) is 0 Å². The lowest BCUT2D eigenvalue weighted by atomic mass is 9.85. The molecule has 1 aliphatic heterocycles. The van der Waals surface area contributed by atoms with Gasteiger partial charge in [-0.1, -0.05) is 26.8 Å². The quantitative estimate of drug-likeness (QED) is 0.532. The number of hydrogen-bond donors (Lipinski definition) is 0. The average molecular weight is 269 g/mol. The van der Waals surface area contributed by atoms with Gasteiger partial charge in [-0.3, -0.25) is 0 Å². The maximum absolute atomic E-state index is 11.4. The largest absolute Gasteiger partial charge is 0.442 e. The minimum absolute atomic E-state index is 0.0907. The van der Waals surface area contributed by atoms with Gasteiger partial charge in [0.05, 0.1) is 5.56 Å². The molecule has 0 saturated heterocycles. The molecule has 1 atom stereocenters. The second-order valence-corrected chi connectivity index (χ2v) is 5.61. The number of esters is 1. The van der Waals surface area contributed by atoms with Crippen LogP contribution >= 0.6 is 15.9 Å². The zero-order valence-corrected chi connectivity index (χ0v) is 10.6. The Bertz CT molecular complexity index is 418.